The summed E-state index contributed by atoms with van der Waals surface area (Å²) in [4.78, 5) is 29.2. The van der Waals surface area contributed by atoms with E-state index in [4.69, 9.17) is 10.5 Å². The topological polar surface area (TPSA) is 75.9 Å². The van der Waals surface area contributed by atoms with Crippen LogP contribution in [0.2, 0.25) is 0 Å². The van der Waals surface area contributed by atoms with Crippen LogP contribution in [0.25, 0.3) is 0 Å². The maximum atomic E-state index is 12.8. The Bertz CT molecular complexity index is 666. The molecule has 0 saturated carbocycles. The Morgan fingerprint density at radius 2 is 1.71 bits per heavy atom. The van der Waals surface area contributed by atoms with Crippen molar-refractivity contribution in [3.63, 3.8) is 0 Å². The van der Waals surface area contributed by atoms with Crippen molar-refractivity contribution in [3.8, 4) is 5.75 Å². The molecule has 0 aliphatic carbocycles. The molecule has 2 N–H and O–H groups in total. The van der Waals surface area contributed by atoms with E-state index >= 15 is 0 Å². The van der Waals surface area contributed by atoms with Crippen LogP contribution < -0.4 is 10.5 Å². The van der Waals surface area contributed by atoms with Crippen LogP contribution in [-0.4, -0.2) is 59.4 Å². The second kappa shape index (κ2) is 9.41. The molecule has 2 heterocycles. The largest absolute Gasteiger partial charge is 0.484 e. The van der Waals surface area contributed by atoms with Gasteiger partial charge in [-0.2, -0.15) is 0 Å². The summed E-state index contributed by atoms with van der Waals surface area (Å²) < 4.78 is 5.70. The van der Waals surface area contributed by atoms with Gasteiger partial charge in [-0.3, -0.25) is 9.59 Å². The van der Waals surface area contributed by atoms with Crippen LogP contribution in [0.3, 0.4) is 0 Å². The minimum Gasteiger partial charge on any atom is -0.484 e. The standard InChI is InChI=1S/C22H33N3O3/c1-16-6-5-7-17(2)25(16)21(26)15-28-20-11-9-18(10-12-20)22(27)24-13-4-3-8-19(24)14-23/h9-12,16-17,19H,3-8,13-15,23H2,1-2H3. The average Bonchev–Trinajstić information content (AvgIpc) is 2.72. The van der Waals surface area contributed by atoms with Gasteiger partial charge in [-0.05, 0) is 76.6 Å². The number of carbonyl (C=O) groups is 2. The van der Waals surface area contributed by atoms with Gasteiger partial charge in [0.1, 0.15) is 5.75 Å². The molecule has 3 unspecified atom stereocenters. The highest BCUT2D eigenvalue weighted by Gasteiger charge is 2.29. The maximum absolute atomic E-state index is 12.8. The van der Waals surface area contributed by atoms with Gasteiger partial charge in [0.05, 0.1) is 0 Å². The molecule has 2 saturated heterocycles. The normalized spacial score (nSPS) is 25.5. The van der Waals surface area contributed by atoms with Crippen molar-refractivity contribution in [2.45, 2.75) is 70.5 Å². The minimum absolute atomic E-state index is 0.0220. The van der Waals surface area contributed by atoms with Gasteiger partial charge >= 0.3 is 0 Å². The molecule has 0 spiro atoms. The molecule has 6 nitrogen and oxygen atoms in total. The summed E-state index contributed by atoms with van der Waals surface area (Å²) in [6, 6.07) is 7.74. The van der Waals surface area contributed by atoms with Crippen molar-refractivity contribution in [2.75, 3.05) is 19.7 Å². The number of hydrogen-bond donors (Lipinski definition) is 1. The lowest BCUT2D eigenvalue weighted by Crippen LogP contribution is -2.49. The Labute approximate surface area is 168 Å². The first-order valence-corrected chi connectivity index (χ1v) is 10.6. The van der Waals surface area contributed by atoms with Crippen molar-refractivity contribution >= 4 is 11.8 Å². The first-order valence-electron chi connectivity index (χ1n) is 10.6. The molecule has 0 bridgehead atoms. The van der Waals surface area contributed by atoms with E-state index < -0.39 is 0 Å². The highest BCUT2D eigenvalue weighted by Crippen LogP contribution is 2.23. The van der Waals surface area contributed by atoms with Gasteiger partial charge in [0.15, 0.2) is 6.61 Å². The Morgan fingerprint density at radius 3 is 2.36 bits per heavy atom. The molecule has 2 aliphatic rings. The second-order valence-corrected chi connectivity index (χ2v) is 8.13. The molecule has 2 fully saturated rings. The van der Waals surface area contributed by atoms with E-state index in [1.165, 1.54) is 6.42 Å². The van der Waals surface area contributed by atoms with E-state index in [-0.39, 0.29) is 36.5 Å². The number of benzene rings is 1. The summed E-state index contributed by atoms with van der Waals surface area (Å²) in [5, 5.41) is 0. The second-order valence-electron chi connectivity index (χ2n) is 8.13. The Balaban J connectivity index is 1.57. The maximum Gasteiger partial charge on any atom is 0.260 e. The lowest BCUT2D eigenvalue weighted by atomic mass is 9.97. The molecule has 3 atom stereocenters. The molecule has 1 aromatic rings. The minimum atomic E-state index is 0.0220. The van der Waals surface area contributed by atoms with Crippen LogP contribution in [0.4, 0.5) is 0 Å². The van der Waals surface area contributed by atoms with E-state index in [9.17, 15) is 9.59 Å². The third kappa shape index (κ3) is 4.66. The lowest BCUT2D eigenvalue weighted by Gasteiger charge is -2.39. The number of nitrogens with zero attached hydrogens (tertiary/aromatic N) is 2. The number of piperidine rings is 2. The molecule has 28 heavy (non-hydrogen) atoms. The van der Waals surface area contributed by atoms with Crippen LogP contribution >= 0.6 is 0 Å². The van der Waals surface area contributed by atoms with Gasteiger partial charge in [-0.1, -0.05) is 0 Å². The van der Waals surface area contributed by atoms with E-state index in [2.05, 4.69) is 13.8 Å². The summed E-state index contributed by atoms with van der Waals surface area (Å²) in [5.41, 5.74) is 6.47. The van der Waals surface area contributed by atoms with Gasteiger partial charge in [0.2, 0.25) is 0 Å². The van der Waals surface area contributed by atoms with E-state index in [1.54, 1.807) is 24.3 Å². The van der Waals surface area contributed by atoms with Crippen molar-refractivity contribution in [1.82, 2.24) is 9.80 Å². The van der Waals surface area contributed by atoms with Crippen molar-refractivity contribution in [2.24, 2.45) is 5.73 Å². The fraction of sp³-hybridized carbons (Fsp3) is 0.636. The molecule has 3 rings (SSSR count). The van der Waals surface area contributed by atoms with E-state index in [0.717, 1.165) is 38.6 Å². The van der Waals surface area contributed by atoms with Crippen molar-refractivity contribution < 1.29 is 14.3 Å². The average molecular weight is 388 g/mol. The predicted molar refractivity (Wildman–Crippen MR) is 109 cm³/mol. The van der Waals surface area contributed by atoms with Gasteiger partial charge in [0, 0.05) is 36.8 Å². The van der Waals surface area contributed by atoms with E-state index in [0.29, 0.717) is 17.9 Å². The third-order valence-electron chi connectivity index (χ3n) is 6.11. The zero-order valence-electron chi connectivity index (χ0n) is 17.1. The smallest absolute Gasteiger partial charge is 0.260 e. The van der Waals surface area contributed by atoms with Crippen LogP contribution in [0, 0.1) is 0 Å². The number of amides is 2. The van der Waals surface area contributed by atoms with Crippen molar-refractivity contribution in [3.05, 3.63) is 29.8 Å². The molecule has 154 valence electrons. The summed E-state index contributed by atoms with van der Waals surface area (Å²) in [7, 11) is 0. The number of likely N-dealkylation sites (tertiary alicyclic amines) is 2. The van der Waals surface area contributed by atoms with Gasteiger partial charge in [-0.25, -0.2) is 0 Å². The van der Waals surface area contributed by atoms with Crippen LogP contribution in [0.15, 0.2) is 24.3 Å². The molecule has 1 aromatic carbocycles. The first-order chi connectivity index (χ1) is 13.5. The molecule has 0 aromatic heterocycles. The monoisotopic (exact) mass is 387 g/mol. The quantitative estimate of drug-likeness (QED) is 0.843. The first kappa shape index (κ1) is 20.6. The van der Waals surface area contributed by atoms with Crippen LogP contribution in [-0.2, 0) is 4.79 Å². The number of nitrogens with two attached hydrogens (primary N) is 1. The Hall–Kier alpha value is -2.08. The number of hydrogen-bond acceptors (Lipinski definition) is 4. The summed E-state index contributed by atoms with van der Waals surface area (Å²) in [6.07, 6.45) is 6.39. The summed E-state index contributed by atoms with van der Waals surface area (Å²) in [5.74, 6) is 0.656. The van der Waals surface area contributed by atoms with Crippen LogP contribution in [0.1, 0.15) is 62.7 Å². The fourth-order valence-corrected chi connectivity index (χ4v) is 4.51. The third-order valence-corrected chi connectivity index (χ3v) is 6.11. The predicted octanol–water partition coefficient (Wildman–Crippen LogP) is 2.81. The molecular weight excluding hydrogens is 354 g/mol. The molecule has 6 heteroatoms. The van der Waals surface area contributed by atoms with Gasteiger partial charge in [0.25, 0.3) is 11.8 Å². The van der Waals surface area contributed by atoms with Gasteiger partial charge < -0.3 is 20.3 Å². The number of ether oxygens (including phenoxy) is 1. The lowest BCUT2D eigenvalue weighted by molar-refractivity contribution is -0.139. The zero-order valence-corrected chi connectivity index (χ0v) is 17.1. The van der Waals surface area contributed by atoms with Gasteiger partial charge in [-0.15, -0.1) is 0 Å². The molecule has 2 aliphatic heterocycles. The SMILES string of the molecule is CC1CCCC(C)N1C(=O)COc1ccc(C(=O)N2CCCCC2CN)cc1. The summed E-state index contributed by atoms with van der Waals surface area (Å²) >= 11 is 0. The number of rotatable bonds is 5. The highest BCUT2D eigenvalue weighted by atomic mass is 16.5. The Morgan fingerprint density at radius 1 is 1.04 bits per heavy atom. The number of carbonyl (C=O) groups excluding carboxylic acids is 2. The molecule has 0 radical (unpaired) electrons. The summed E-state index contributed by atoms with van der Waals surface area (Å²) in [6.45, 7) is 5.50. The fourth-order valence-electron chi connectivity index (χ4n) is 4.51. The Kier molecular flexibility index (Phi) is 6.94. The van der Waals surface area contributed by atoms with Crippen molar-refractivity contribution in [1.29, 1.82) is 0 Å². The molecular formula is C22H33N3O3. The van der Waals surface area contributed by atoms with E-state index in [1.807, 2.05) is 9.80 Å². The highest BCUT2D eigenvalue weighted by molar-refractivity contribution is 5.94. The zero-order chi connectivity index (χ0) is 20.1. The molecule has 2 amide bonds. The van der Waals surface area contributed by atoms with Crippen LogP contribution in [0.5, 0.6) is 5.75 Å².